The summed E-state index contributed by atoms with van der Waals surface area (Å²) in [7, 11) is 0. The van der Waals surface area contributed by atoms with Crippen molar-refractivity contribution in [2.45, 2.75) is 12.7 Å². The van der Waals surface area contributed by atoms with Crippen LogP contribution in [0.15, 0.2) is 42.5 Å². The van der Waals surface area contributed by atoms with Crippen molar-refractivity contribution in [3.05, 3.63) is 53.1 Å². The summed E-state index contributed by atoms with van der Waals surface area (Å²) in [4.78, 5) is 24.7. The first-order valence-electron chi connectivity index (χ1n) is 7.44. The highest BCUT2D eigenvalue weighted by Crippen LogP contribution is 2.36. The van der Waals surface area contributed by atoms with Crippen LogP contribution in [0.3, 0.4) is 0 Å². The number of rotatable bonds is 3. The Bertz CT molecular complexity index is 853. The van der Waals surface area contributed by atoms with Gasteiger partial charge in [-0.2, -0.15) is 13.2 Å². The van der Waals surface area contributed by atoms with Crippen LogP contribution in [0.1, 0.15) is 5.56 Å². The number of hydrogen-bond acceptors (Lipinski definition) is 3. The third-order valence-electron chi connectivity index (χ3n) is 3.67. The Kier molecular flexibility index (Phi) is 4.78. The monoisotopic (exact) mass is 384 g/mol. The molecular formula is C17H12ClF3N2O3. The molecule has 3 rings (SSSR count). The van der Waals surface area contributed by atoms with Crippen LogP contribution in [-0.4, -0.2) is 24.6 Å². The van der Waals surface area contributed by atoms with Crippen LogP contribution in [0, 0.1) is 0 Å². The molecule has 1 heterocycles. The van der Waals surface area contributed by atoms with Crippen molar-refractivity contribution in [1.29, 1.82) is 0 Å². The highest BCUT2D eigenvalue weighted by atomic mass is 35.5. The third-order valence-corrected chi connectivity index (χ3v) is 3.92. The van der Waals surface area contributed by atoms with E-state index in [1.54, 1.807) is 29.6 Å². The topological polar surface area (TPSA) is 58.6 Å². The maximum Gasteiger partial charge on any atom is 0.471 e. The van der Waals surface area contributed by atoms with Crippen molar-refractivity contribution in [2.24, 2.45) is 0 Å². The second-order valence-electron chi connectivity index (χ2n) is 5.53. The quantitative estimate of drug-likeness (QED) is 0.876. The summed E-state index contributed by atoms with van der Waals surface area (Å²) in [5, 5.41) is 2.31. The number of halogens is 4. The van der Waals surface area contributed by atoms with E-state index in [4.69, 9.17) is 16.3 Å². The van der Waals surface area contributed by atoms with E-state index in [0.29, 0.717) is 10.8 Å². The van der Waals surface area contributed by atoms with Crippen molar-refractivity contribution < 1.29 is 27.5 Å². The molecule has 1 N–H and O–H groups in total. The molecule has 0 spiro atoms. The normalized spacial score (nSPS) is 13.8. The zero-order valence-electron chi connectivity index (χ0n) is 13.1. The number of benzene rings is 2. The highest BCUT2D eigenvalue weighted by Gasteiger charge is 2.39. The summed E-state index contributed by atoms with van der Waals surface area (Å²) in [5.41, 5.74) is 0.960. The molecule has 0 saturated heterocycles. The number of carbonyl (C=O) groups is 2. The molecule has 136 valence electrons. The van der Waals surface area contributed by atoms with Crippen molar-refractivity contribution in [1.82, 2.24) is 0 Å². The zero-order chi connectivity index (χ0) is 18.9. The van der Waals surface area contributed by atoms with Crippen LogP contribution in [-0.2, 0) is 16.1 Å². The maximum absolute atomic E-state index is 12.4. The molecule has 5 nitrogen and oxygen atoms in total. The van der Waals surface area contributed by atoms with E-state index >= 15 is 0 Å². The number of nitrogens with zero attached hydrogens (tertiary/aromatic N) is 1. The molecule has 2 aromatic rings. The molecule has 0 fully saturated rings. The molecule has 0 aliphatic carbocycles. The SMILES string of the molecule is O=C1COc2ccc(NC(=O)C(F)(F)F)cc2N1Cc1ccc(Cl)cc1. The zero-order valence-corrected chi connectivity index (χ0v) is 13.9. The van der Waals surface area contributed by atoms with E-state index in [-0.39, 0.29) is 30.4 Å². The van der Waals surface area contributed by atoms with Gasteiger partial charge in [0.2, 0.25) is 0 Å². The minimum absolute atomic E-state index is 0.0921. The first-order chi connectivity index (χ1) is 12.2. The largest absolute Gasteiger partial charge is 0.482 e. The number of hydrogen-bond donors (Lipinski definition) is 1. The van der Waals surface area contributed by atoms with Crippen molar-refractivity contribution in [3.8, 4) is 5.75 Å². The lowest BCUT2D eigenvalue weighted by molar-refractivity contribution is -0.167. The summed E-state index contributed by atoms with van der Waals surface area (Å²) in [6, 6.07) is 10.8. The summed E-state index contributed by atoms with van der Waals surface area (Å²) in [6.07, 6.45) is -5.01. The van der Waals surface area contributed by atoms with Crippen LogP contribution in [0.2, 0.25) is 5.02 Å². The lowest BCUT2D eigenvalue weighted by atomic mass is 10.1. The van der Waals surface area contributed by atoms with Crippen molar-refractivity contribution in [3.63, 3.8) is 0 Å². The van der Waals surface area contributed by atoms with Crippen LogP contribution in [0.5, 0.6) is 5.75 Å². The minimum atomic E-state index is -5.01. The van der Waals surface area contributed by atoms with E-state index in [1.165, 1.54) is 23.1 Å². The molecule has 1 aliphatic rings. The fourth-order valence-electron chi connectivity index (χ4n) is 2.43. The minimum Gasteiger partial charge on any atom is -0.482 e. The molecule has 0 saturated carbocycles. The van der Waals surface area contributed by atoms with Gasteiger partial charge in [-0.1, -0.05) is 23.7 Å². The molecule has 9 heteroatoms. The number of amides is 2. The summed E-state index contributed by atoms with van der Waals surface area (Å²) < 4.78 is 42.6. The Morgan fingerprint density at radius 3 is 2.54 bits per heavy atom. The molecule has 2 amide bonds. The Balaban J connectivity index is 1.89. The van der Waals surface area contributed by atoms with Gasteiger partial charge in [0.05, 0.1) is 12.2 Å². The number of ether oxygens (including phenoxy) is 1. The molecule has 0 unspecified atom stereocenters. The van der Waals surface area contributed by atoms with E-state index < -0.39 is 12.1 Å². The average Bonchev–Trinajstić information content (AvgIpc) is 2.58. The first kappa shape index (κ1) is 18.1. The van der Waals surface area contributed by atoms with Crippen molar-refractivity contribution >= 4 is 34.8 Å². The van der Waals surface area contributed by atoms with Gasteiger partial charge in [-0.3, -0.25) is 9.59 Å². The predicted octanol–water partition coefficient (Wildman–Crippen LogP) is 3.77. The first-order valence-corrected chi connectivity index (χ1v) is 7.81. The number of fused-ring (bicyclic) bond motifs is 1. The second kappa shape index (κ2) is 6.87. The van der Waals surface area contributed by atoms with Gasteiger partial charge in [-0.05, 0) is 35.9 Å². The highest BCUT2D eigenvalue weighted by molar-refractivity contribution is 6.30. The number of anilines is 2. The Morgan fingerprint density at radius 1 is 1.19 bits per heavy atom. The van der Waals surface area contributed by atoms with Gasteiger partial charge >= 0.3 is 12.1 Å². The Morgan fingerprint density at radius 2 is 1.88 bits per heavy atom. The Labute approximate surface area is 151 Å². The number of alkyl halides is 3. The van der Waals surface area contributed by atoms with Gasteiger partial charge in [0.25, 0.3) is 5.91 Å². The predicted molar refractivity (Wildman–Crippen MR) is 89.3 cm³/mol. The van der Waals surface area contributed by atoms with Crippen molar-refractivity contribution in [2.75, 3.05) is 16.8 Å². The van der Waals surface area contributed by atoms with Gasteiger partial charge in [0, 0.05) is 10.7 Å². The molecule has 0 aromatic heterocycles. The maximum atomic E-state index is 12.4. The molecule has 0 radical (unpaired) electrons. The molecule has 2 aromatic carbocycles. The summed E-state index contributed by atoms with van der Waals surface area (Å²) >= 11 is 5.84. The smallest absolute Gasteiger partial charge is 0.471 e. The molecule has 0 bridgehead atoms. The molecule has 26 heavy (non-hydrogen) atoms. The fraction of sp³-hybridized carbons (Fsp3) is 0.176. The van der Waals surface area contributed by atoms with Gasteiger partial charge in [-0.25, -0.2) is 0 Å². The summed E-state index contributed by atoms with van der Waals surface area (Å²) in [6.45, 7) is -0.00210. The third kappa shape index (κ3) is 3.91. The van der Waals surface area contributed by atoms with Crippen LogP contribution < -0.4 is 15.0 Å². The van der Waals surface area contributed by atoms with E-state index in [0.717, 1.165) is 5.56 Å². The Hall–Kier alpha value is -2.74. The lowest BCUT2D eigenvalue weighted by Crippen LogP contribution is -2.38. The standard InChI is InChI=1S/C17H12ClF3N2O3/c18-11-3-1-10(2-4-11)8-23-13-7-12(22-16(25)17(19,20)21)5-6-14(13)26-9-15(23)24/h1-7H,8-9H2,(H,22,25). The van der Waals surface area contributed by atoms with Gasteiger partial charge in [-0.15, -0.1) is 0 Å². The molecule has 0 atom stereocenters. The van der Waals surface area contributed by atoms with E-state index in [2.05, 4.69) is 0 Å². The van der Waals surface area contributed by atoms with E-state index in [1.807, 2.05) is 0 Å². The lowest BCUT2D eigenvalue weighted by Gasteiger charge is -2.30. The molecule has 1 aliphatic heterocycles. The van der Waals surface area contributed by atoms with Crippen LogP contribution in [0.4, 0.5) is 24.5 Å². The average molecular weight is 385 g/mol. The van der Waals surface area contributed by atoms with Gasteiger partial charge < -0.3 is 15.0 Å². The van der Waals surface area contributed by atoms with Crippen LogP contribution in [0.25, 0.3) is 0 Å². The number of carbonyl (C=O) groups excluding carboxylic acids is 2. The van der Waals surface area contributed by atoms with E-state index in [9.17, 15) is 22.8 Å². The fourth-order valence-corrected chi connectivity index (χ4v) is 2.55. The summed E-state index contributed by atoms with van der Waals surface area (Å²) in [5.74, 6) is -2.11. The molecular weight excluding hydrogens is 373 g/mol. The van der Waals surface area contributed by atoms with Crippen LogP contribution >= 0.6 is 11.6 Å². The van der Waals surface area contributed by atoms with Gasteiger partial charge in [0.15, 0.2) is 6.61 Å². The second-order valence-corrected chi connectivity index (χ2v) is 5.97. The number of nitrogens with one attached hydrogen (secondary N) is 1. The van der Waals surface area contributed by atoms with Gasteiger partial charge in [0.1, 0.15) is 5.75 Å².